The van der Waals surface area contributed by atoms with Crippen LogP contribution in [0.4, 0.5) is 43.9 Å². The van der Waals surface area contributed by atoms with Crippen molar-refractivity contribution in [1.29, 1.82) is 0 Å². The van der Waals surface area contributed by atoms with Gasteiger partial charge in [0, 0.05) is 12.2 Å². The Morgan fingerprint density at radius 3 is 1.42 bits per heavy atom. The molecule has 0 saturated heterocycles. The van der Waals surface area contributed by atoms with E-state index >= 15 is 0 Å². The molecule has 19 heavy (non-hydrogen) atoms. The lowest BCUT2D eigenvalue weighted by molar-refractivity contribution is -0.354. The highest BCUT2D eigenvalue weighted by Crippen LogP contribution is 2.48. The van der Waals surface area contributed by atoms with Crippen molar-refractivity contribution >= 4 is 11.8 Å². The first kappa shape index (κ1) is 18.7. The number of thioether (sulfide) groups is 1. The van der Waals surface area contributed by atoms with Crippen LogP contribution in [0.3, 0.4) is 0 Å². The van der Waals surface area contributed by atoms with Crippen LogP contribution in [0.1, 0.15) is 12.8 Å². The Bertz CT molecular complexity index is 278. The van der Waals surface area contributed by atoms with Crippen LogP contribution in [0.5, 0.6) is 0 Å². The summed E-state index contributed by atoms with van der Waals surface area (Å²) in [6, 6.07) is 0. The molecule has 0 atom stereocenters. The number of halogens is 10. The van der Waals surface area contributed by atoms with Gasteiger partial charge in [0.2, 0.25) is 0 Å². The molecular weight excluding hydrogens is 318 g/mol. The minimum Gasteiger partial charge on any atom is -0.199 e. The molecule has 0 aliphatic heterocycles. The number of hydrogen-bond acceptors (Lipinski definition) is 1. The maximum Gasteiger partial charge on any atom is 0.459 e. The van der Waals surface area contributed by atoms with Crippen molar-refractivity contribution in [2.45, 2.75) is 37.0 Å². The minimum atomic E-state index is -6.41. The van der Waals surface area contributed by atoms with Gasteiger partial charge in [-0.3, -0.25) is 0 Å². The van der Waals surface area contributed by atoms with Crippen LogP contribution in [0.15, 0.2) is 0 Å². The molecule has 0 aromatic heterocycles. The van der Waals surface area contributed by atoms with Crippen LogP contribution >= 0.6 is 11.8 Å². The molecule has 0 amide bonds. The Kier molecular flexibility index (Phi) is 5.85. The molecule has 0 nitrogen and oxygen atoms in total. The first-order valence-corrected chi connectivity index (χ1v) is 5.83. The molecule has 0 rings (SSSR count). The molecule has 0 bridgehead atoms. The quantitative estimate of drug-likeness (QED) is 0.494. The van der Waals surface area contributed by atoms with Crippen molar-refractivity contribution in [3.05, 3.63) is 0 Å². The zero-order chi connectivity index (χ0) is 15.5. The van der Waals surface area contributed by atoms with Crippen molar-refractivity contribution in [2.75, 3.05) is 11.5 Å². The standard InChI is InChI=1S/C8H8F10S/c9-5(10,7(14,15)8(16,17)18)1-3-19-4-2-6(11,12)13/h1-4H2. The fourth-order valence-electron chi connectivity index (χ4n) is 0.855. The fraction of sp³-hybridized carbons (Fsp3) is 1.00. The molecule has 0 aliphatic carbocycles. The fourth-order valence-corrected chi connectivity index (χ4v) is 1.84. The molecule has 11 heteroatoms. The van der Waals surface area contributed by atoms with Gasteiger partial charge < -0.3 is 0 Å². The van der Waals surface area contributed by atoms with Crippen LogP contribution in [0.2, 0.25) is 0 Å². The summed E-state index contributed by atoms with van der Waals surface area (Å²) in [5.74, 6) is -13.2. The van der Waals surface area contributed by atoms with Gasteiger partial charge in [-0.25, -0.2) is 0 Å². The summed E-state index contributed by atoms with van der Waals surface area (Å²) < 4.78 is 120. The topological polar surface area (TPSA) is 0 Å². The normalized spacial score (nSPS) is 14.8. The summed E-state index contributed by atoms with van der Waals surface area (Å²) in [6.07, 6.45) is -14.1. The van der Waals surface area contributed by atoms with Crippen LogP contribution < -0.4 is 0 Å². The third kappa shape index (κ3) is 5.65. The second-order valence-electron chi connectivity index (χ2n) is 3.50. The van der Waals surface area contributed by atoms with E-state index in [9.17, 15) is 43.9 Å². The lowest BCUT2D eigenvalue weighted by Crippen LogP contribution is -2.52. The van der Waals surface area contributed by atoms with Gasteiger partial charge in [0.25, 0.3) is 0 Å². The number of alkyl halides is 10. The molecule has 0 fully saturated rings. The zero-order valence-electron chi connectivity index (χ0n) is 9.02. The van der Waals surface area contributed by atoms with Crippen LogP contribution in [-0.4, -0.2) is 35.7 Å². The molecule has 0 unspecified atom stereocenters. The highest BCUT2D eigenvalue weighted by atomic mass is 32.2. The van der Waals surface area contributed by atoms with E-state index in [1.54, 1.807) is 0 Å². The van der Waals surface area contributed by atoms with Gasteiger partial charge in [0.05, 0.1) is 6.42 Å². The lowest BCUT2D eigenvalue weighted by Gasteiger charge is -2.28. The van der Waals surface area contributed by atoms with Gasteiger partial charge >= 0.3 is 24.2 Å². The molecule has 0 N–H and O–H groups in total. The Morgan fingerprint density at radius 1 is 0.632 bits per heavy atom. The molecule has 0 radical (unpaired) electrons. The average Bonchev–Trinajstić information content (AvgIpc) is 2.12. The van der Waals surface area contributed by atoms with E-state index < -0.39 is 48.5 Å². The second kappa shape index (κ2) is 5.96. The molecule has 116 valence electrons. The Balaban J connectivity index is 4.26. The van der Waals surface area contributed by atoms with Gasteiger partial charge in [-0.05, 0) is 5.75 Å². The first-order valence-electron chi connectivity index (χ1n) is 4.67. The maximum atomic E-state index is 12.7. The van der Waals surface area contributed by atoms with E-state index in [2.05, 4.69) is 0 Å². The highest BCUT2D eigenvalue weighted by molar-refractivity contribution is 7.99. The number of hydrogen-bond donors (Lipinski definition) is 0. The third-order valence-corrected chi connectivity index (χ3v) is 2.89. The van der Waals surface area contributed by atoms with Gasteiger partial charge in [0.1, 0.15) is 0 Å². The number of rotatable bonds is 6. The predicted molar refractivity (Wildman–Crippen MR) is 48.6 cm³/mol. The van der Waals surface area contributed by atoms with E-state index in [0.717, 1.165) is 0 Å². The van der Waals surface area contributed by atoms with Crippen molar-refractivity contribution < 1.29 is 43.9 Å². The Morgan fingerprint density at radius 2 is 1.05 bits per heavy atom. The monoisotopic (exact) mass is 326 g/mol. The van der Waals surface area contributed by atoms with Crippen LogP contribution in [-0.2, 0) is 0 Å². The van der Waals surface area contributed by atoms with E-state index in [0.29, 0.717) is 0 Å². The van der Waals surface area contributed by atoms with E-state index in [1.165, 1.54) is 0 Å². The maximum absolute atomic E-state index is 12.7. The van der Waals surface area contributed by atoms with Crippen LogP contribution in [0, 0.1) is 0 Å². The smallest absolute Gasteiger partial charge is 0.199 e. The molecule has 0 aromatic rings. The molecule has 0 saturated carbocycles. The summed E-state index contributed by atoms with van der Waals surface area (Å²) in [5, 5.41) is 0. The summed E-state index contributed by atoms with van der Waals surface area (Å²) in [6.45, 7) is 0. The summed E-state index contributed by atoms with van der Waals surface area (Å²) in [4.78, 5) is 0. The zero-order valence-corrected chi connectivity index (χ0v) is 9.83. The second-order valence-corrected chi connectivity index (χ2v) is 4.73. The van der Waals surface area contributed by atoms with E-state index in [4.69, 9.17) is 0 Å². The molecular formula is C8H8F10S. The van der Waals surface area contributed by atoms with Gasteiger partial charge in [-0.1, -0.05) is 0 Å². The van der Waals surface area contributed by atoms with E-state index in [1.807, 2.05) is 0 Å². The summed E-state index contributed by atoms with van der Waals surface area (Å²) in [7, 11) is 0. The minimum absolute atomic E-state index is 0.233. The van der Waals surface area contributed by atoms with Crippen molar-refractivity contribution in [2.24, 2.45) is 0 Å². The van der Waals surface area contributed by atoms with Gasteiger partial charge in [-0.15, -0.1) is 0 Å². The van der Waals surface area contributed by atoms with Crippen LogP contribution in [0.25, 0.3) is 0 Å². The summed E-state index contributed by atoms with van der Waals surface area (Å²) >= 11 is 0.233. The van der Waals surface area contributed by atoms with E-state index in [-0.39, 0.29) is 11.8 Å². The van der Waals surface area contributed by atoms with Crippen molar-refractivity contribution in [1.82, 2.24) is 0 Å². The SMILES string of the molecule is FC(F)(F)CCSCCC(F)(F)C(F)(F)C(F)(F)F. The van der Waals surface area contributed by atoms with Gasteiger partial charge in [-0.2, -0.15) is 55.7 Å². The largest absolute Gasteiger partial charge is 0.459 e. The molecule has 0 aromatic carbocycles. The third-order valence-electron chi connectivity index (χ3n) is 1.91. The van der Waals surface area contributed by atoms with Crippen molar-refractivity contribution in [3.8, 4) is 0 Å². The summed E-state index contributed by atoms with van der Waals surface area (Å²) in [5.41, 5.74) is 0. The molecule has 0 aliphatic rings. The highest BCUT2D eigenvalue weighted by Gasteiger charge is 2.72. The molecule has 0 heterocycles. The Hall–Kier alpha value is -0.350. The van der Waals surface area contributed by atoms with Crippen molar-refractivity contribution in [3.63, 3.8) is 0 Å². The molecule has 0 spiro atoms. The predicted octanol–water partition coefficient (Wildman–Crippen LogP) is 4.90. The lowest BCUT2D eigenvalue weighted by atomic mass is 10.1. The first-order chi connectivity index (χ1) is 8.21. The Labute approximate surface area is 105 Å². The van der Waals surface area contributed by atoms with Gasteiger partial charge in [0.15, 0.2) is 0 Å². The average molecular weight is 326 g/mol.